The molecule has 24 heavy (non-hydrogen) atoms. The highest BCUT2D eigenvalue weighted by molar-refractivity contribution is 5.84. The van der Waals surface area contributed by atoms with Gasteiger partial charge < -0.3 is 0 Å². The van der Waals surface area contributed by atoms with E-state index < -0.39 is 0 Å². The summed E-state index contributed by atoms with van der Waals surface area (Å²) in [5, 5.41) is 0. The lowest BCUT2D eigenvalue weighted by molar-refractivity contribution is 0.867. The van der Waals surface area contributed by atoms with Crippen LogP contribution in [0.5, 0.6) is 0 Å². The van der Waals surface area contributed by atoms with Crippen LogP contribution in [0, 0.1) is 0 Å². The number of allylic oxidation sites excluding steroid dienone is 1. The second-order valence-corrected chi connectivity index (χ2v) is 7.39. The van der Waals surface area contributed by atoms with Crippen molar-refractivity contribution in [1.29, 1.82) is 0 Å². The topological polar surface area (TPSA) is 0 Å². The van der Waals surface area contributed by atoms with E-state index in [0.29, 0.717) is 5.92 Å². The molecule has 3 rings (SSSR count). The molecule has 0 N–H and O–H groups in total. The summed E-state index contributed by atoms with van der Waals surface area (Å²) in [5.41, 5.74) is 10.6. The van der Waals surface area contributed by atoms with Gasteiger partial charge in [0.15, 0.2) is 0 Å². The molecule has 0 amide bonds. The van der Waals surface area contributed by atoms with Gasteiger partial charge in [0.1, 0.15) is 0 Å². The minimum atomic E-state index is 0.548. The molecule has 1 aliphatic rings. The number of rotatable bonds is 6. The highest BCUT2D eigenvalue weighted by Crippen LogP contribution is 2.40. The summed E-state index contributed by atoms with van der Waals surface area (Å²) >= 11 is 0. The van der Waals surface area contributed by atoms with E-state index in [2.05, 4.69) is 70.2 Å². The second kappa shape index (κ2) is 7.38. The maximum absolute atomic E-state index is 2.49. The van der Waals surface area contributed by atoms with Crippen LogP contribution in [0.2, 0.25) is 0 Å². The zero-order chi connectivity index (χ0) is 17.1. The zero-order valence-electron chi connectivity index (χ0n) is 15.7. The monoisotopic (exact) mass is 318 g/mol. The molecule has 0 spiro atoms. The van der Waals surface area contributed by atoms with Crippen LogP contribution in [0.15, 0.2) is 42.0 Å². The predicted octanol–water partition coefficient (Wildman–Crippen LogP) is 7.17. The average Bonchev–Trinajstić information content (AvgIpc) is 2.98. The zero-order valence-corrected chi connectivity index (χ0v) is 15.7. The third-order valence-corrected chi connectivity index (χ3v) is 5.13. The largest absolute Gasteiger partial charge is 0.0652 e. The molecule has 126 valence electrons. The molecule has 0 atom stereocenters. The summed E-state index contributed by atoms with van der Waals surface area (Å²) in [6.07, 6.45) is 8.45. The van der Waals surface area contributed by atoms with Crippen molar-refractivity contribution in [3.8, 4) is 11.1 Å². The first-order valence-electron chi connectivity index (χ1n) is 9.59. The molecule has 0 heterocycles. The van der Waals surface area contributed by atoms with Gasteiger partial charge in [-0.15, -0.1) is 0 Å². The number of hydrogen-bond donors (Lipinski definition) is 0. The first-order valence-corrected chi connectivity index (χ1v) is 9.59. The third-order valence-electron chi connectivity index (χ3n) is 5.13. The highest BCUT2D eigenvalue weighted by atomic mass is 14.2. The molecule has 2 aromatic rings. The van der Waals surface area contributed by atoms with Gasteiger partial charge in [-0.1, -0.05) is 88.6 Å². The molecule has 1 aliphatic carbocycles. The van der Waals surface area contributed by atoms with Crippen LogP contribution in [0.1, 0.15) is 75.1 Å². The fourth-order valence-corrected chi connectivity index (χ4v) is 4.03. The van der Waals surface area contributed by atoms with E-state index in [1.54, 1.807) is 5.57 Å². The quantitative estimate of drug-likeness (QED) is 0.529. The lowest BCUT2D eigenvalue weighted by Crippen LogP contribution is -1.99. The lowest BCUT2D eigenvalue weighted by Gasteiger charge is -2.19. The second-order valence-electron chi connectivity index (χ2n) is 7.39. The lowest BCUT2D eigenvalue weighted by atomic mass is 9.85. The summed E-state index contributed by atoms with van der Waals surface area (Å²) in [7, 11) is 0. The maximum Gasteiger partial charge on any atom is -0.00576 e. The number of fused-ring (bicyclic) bond motifs is 1. The fourth-order valence-electron chi connectivity index (χ4n) is 4.03. The van der Waals surface area contributed by atoms with Gasteiger partial charge in [0.2, 0.25) is 0 Å². The Bertz CT molecular complexity index is 747. The first-order chi connectivity index (χ1) is 11.7. The molecule has 0 aliphatic heterocycles. The molecule has 0 nitrogen and oxygen atoms in total. The third kappa shape index (κ3) is 3.20. The standard InChI is InChI=1S/C24H30/c1-5-9-18-15-20-14-13-19(10-6-2)24(23(20)16-18)22-12-8-7-11-21(22)17(3)4/h7-8,11-14,16-17H,5-6,9-10,15H2,1-4H3. The van der Waals surface area contributed by atoms with E-state index in [9.17, 15) is 0 Å². The van der Waals surface area contributed by atoms with Crippen LogP contribution in [-0.4, -0.2) is 0 Å². The fraction of sp³-hybridized carbons (Fsp3) is 0.417. The van der Waals surface area contributed by atoms with Gasteiger partial charge >= 0.3 is 0 Å². The van der Waals surface area contributed by atoms with Gasteiger partial charge in [-0.3, -0.25) is 0 Å². The molecule has 2 aromatic carbocycles. The number of benzene rings is 2. The van der Waals surface area contributed by atoms with Crippen LogP contribution in [0.4, 0.5) is 0 Å². The summed E-state index contributed by atoms with van der Waals surface area (Å²) in [4.78, 5) is 0. The van der Waals surface area contributed by atoms with Crippen LogP contribution in [0.3, 0.4) is 0 Å². The van der Waals surface area contributed by atoms with E-state index >= 15 is 0 Å². The molecule has 0 saturated heterocycles. The summed E-state index contributed by atoms with van der Waals surface area (Å²) in [5.74, 6) is 0.548. The van der Waals surface area contributed by atoms with Crippen molar-refractivity contribution in [2.24, 2.45) is 0 Å². The van der Waals surface area contributed by atoms with E-state index in [0.717, 1.165) is 12.8 Å². The Hall–Kier alpha value is -1.82. The Kier molecular flexibility index (Phi) is 5.23. The Balaban J connectivity index is 2.22. The van der Waals surface area contributed by atoms with Crippen LogP contribution in [-0.2, 0) is 12.8 Å². The SMILES string of the molecule is CCCC1=Cc2c(ccc(CCC)c2-c2ccccc2C(C)C)C1. The van der Waals surface area contributed by atoms with Crippen LogP contribution in [0.25, 0.3) is 17.2 Å². The van der Waals surface area contributed by atoms with Gasteiger partial charge in [-0.05, 0) is 58.6 Å². The Morgan fingerprint density at radius 1 is 0.917 bits per heavy atom. The van der Waals surface area contributed by atoms with Crippen molar-refractivity contribution in [3.05, 3.63) is 64.2 Å². The van der Waals surface area contributed by atoms with Crippen molar-refractivity contribution >= 4 is 6.08 Å². The van der Waals surface area contributed by atoms with Crippen molar-refractivity contribution < 1.29 is 0 Å². The molecule has 0 aromatic heterocycles. The predicted molar refractivity (Wildman–Crippen MR) is 107 cm³/mol. The van der Waals surface area contributed by atoms with Crippen molar-refractivity contribution in [2.45, 2.75) is 65.7 Å². The van der Waals surface area contributed by atoms with Gasteiger partial charge in [-0.25, -0.2) is 0 Å². The first kappa shape index (κ1) is 17.0. The van der Waals surface area contributed by atoms with Crippen LogP contribution >= 0.6 is 0 Å². The minimum absolute atomic E-state index is 0.548. The molecule has 0 fully saturated rings. The summed E-state index contributed by atoms with van der Waals surface area (Å²) < 4.78 is 0. The smallest absolute Gasteiger partial charge is 0.00576 e. The maximum atomic E-state index is 2.49. The molecule has 0 heteroatoms. The Labute approximate surface area is 147 Å². The summed E-state index contributed by atoms with van der Waals surface area (Å²) in [6, 6.07) is 13.8. The Morgan fingerprint density at radius 3 is 2.38 bits per heavy atom. The molecule has 0 saturated carbocycles. The van der Waals surface area contributed by atoms with E-state index in [4.69, 9.17) is 0 Å². The number of hydrogen-bond acceptors (Lipinski definition) is 0. The Morgan fingerprint density at radius 2 is 1.67 bits per heavy atom. The molecule has 0 radical (unpaired) electrons. The van der Waals surface area contributed by atoms with E-state index in [1.807, 2.05) is 0 Å². The van der Waals surface area contributed by atoms with Crippen molar-refractivity contribution in [1.82, 2.24) is 0 Å². The molecular formula is C24H30. The van der Waals surface area contributed by atoms with Gasteiger partial charge in [0, 0.05) is 0 Å². The minimum Gasteiger partial charge on any atom is -0.0652 e. The van der Waals surface area contributed by atoms with Gasteiger partial charge in [0.25, 0.3) is 0 Å². The highest BCUT2D eigenvalue weighted by Gasteiger charge is 2.21. The van der Waals surface area contributed by atoms with Crippen molar-refractivity contribution in [2.75, 3.05) is 0 Å². The number of aryl methyl sites for hydroxylation is 1. The van der Waals surface area contributed by atoms with E-state index in [1.165, 1.54) is 52.6 Å². The molecular weight excluding hydrogens is 288 g/mol. The average molecular weight is 319 g/mol. The molecule has 0 unspecified atom stereocenters. The summed E-state index contributed by atoms with van der Waals surface area (Å²) in [6.45, 7) is 9.17. The van der Waals surface area contributed by atoms with E-state index in [-0.39, 0.29) is 0 Å². The van der Waals surface area contributed by atoms with Crippen LogP contribution < -0.4 is 0 Å². The molecule has 0 bridgehead atoms. The normalized spacial score (nSPS) is 13.3. The van der Waals surface area contributed by atoms with Gasteiger partial charge in [-0.2, -0.15) is 0 Å². The van der Waals surface area contributed by atoms with Gasteiger partial charge in [0.05, 0.1) is 0 Å². The van der Waals surface area contributed by atoms with Crippen molar-refractivity contribution in [3.63, 3.8) is 0 Å².